The molecule has 1 atom stereocenters. The number of aliphatic hydroxyl groups is 1. The minimum absolute atomic E-state index is 0.207. The monoisotopic (exact) mass is 333 g/mol. The number of guanidine groups is 1. The highest BCUT2D eigenvalue weighted by Crippen LogP contribution is 2.13. The van der Waals surface area contributed by atoms with E-state index in [2.05, 4.69) is 15.6 Å². The van der Waals surface area contributed by atoms with Gasteiger partial charge in [0.1, 0.15) is 17.7 Å². The van der Waals surface area contributed by atoms with Crippen LogP contribution >= 0.6 is 0 Å². The minimum atomic E-state index is -0.769. The smallest absolute Gasteiger partial charge is 0.191 e. The Kier molecular flexibility index (Phi) is 6.81. The molecule has 0 fully saturated rings. The van der Waals surface area contributed by atoms with Crippen molar-refractivity contribution in [2.24, 2.45) is 4.99 Å². The molecule has 1 aromatic heterocycles. The van der Waals surface area contributed by atoms with Crippen LogP contribution in [0.25, 0.3) is 0 Å². The molecule has 130 valence electrons. The van der Waals surface area contributed by atoms with Gasteiger partial charge in [0.15, 0.2) is 5.96 Å². The second-order valence-corrected chi connectivity index (χ2v) is 5.50. The lowest BCUT2D eigenvalue weighted by atomic mass is 10.1. The molecule has 1 unspecified atom stereocenters. The van der Waals surface area contributed by atoms with Crippen LogP contribution in [0.1, 0.15) is 29.9 Å². The second kappa shape index (κ2) is 9.08. The number of benzene rings is 1. The van der Waals surface area contributed by atoms with E-state index in [1.165, 1.54) is 18.4 Å². The lowest BCUT2D eigenvalue weighted by molar-refractivity contribution is 0.158. The number of hydrogen-bond acceptors (Lipinski definition) is 3. The average molecular weight is 333 g/mol. The summed E-state index contributed by atoms with van der Waals surface area (Å²) in [4.78, 5) is 4.36. The highest BCUT2D eigenvalue weighted by molar-refractivity contribution is 5.79. The topological polar surface area (TPSA) is 69.8 Å². The normalized spacial score (nSPS) is 12.9. The molecule has 0 saturated carbocycles. The summed E-state index contributed by atoms with van der Waals surface area (Å²) < 4.78 is 18.3. The third-order valence-corrected chi connectivity index (χ3v) is 3.63. The summed E-state index contributed by atoms with van der Waals surface area (Å²) in [5, 5.41) is 16.3. The predicted molar refractivity (Wildman–Crippen MR) is 92.5 cm³/mol. The van der Waals surface area contributed by atoms with Gasteiger partial charge in [-0.1, -0.05) is 6.07 Å². The van der Waals surface area contributed by atoms with Gasteiger partial charge in [-0.05, 0) is 55.7 Å². The van der Waals surface area contributed by atoms with Crippen LogP contribution in [-0.2, 0) is 6.42 Å². The molecule has 5 nitrogen and oxygen atoms in total. The van der Waals surface area contributed by atoms with Gasteiger partial charge in [0.2, 0.25) is 0 Å². The molecule has 0 aliphatic carbocycles. The van der Waals surface area contributed by atoms with Gasteiger partial charge in [0, 0.05) is 13.1 Å². The maximum absolute atomic E-state index is 13.1. The fourth-order valence-corrected chi connectivity index (χ4v) is 2.35. The Labute approximate surface area is 141 Å². The zero-order valence-electron chi connectivity index (χ0n) is 14.1. The van der Waals surface area contributed by atoms with Crippen molar-refractivity contribution < 1.29 is 13.9 Å². The second-order valence-electron chi connectivity index (χ2n) is 5.50. The van der Waals surface area contributed by atoms with Gasteiger partial charge in [0.25, 0.3) is 0 Å². The van der Waals surface area contributed by atoms with Crippen molar-refractivity contribution in [1.82, 2.24) is 10.6 Å². The molecule has 0 aliphatic rings. The van der Waals surface area contributed by atoms with Crippen LogP contribution < -0.4 is 10.6 Å². The third-order valence-electron chi connectivity index (χ3n) is 3.63. The molecule has 3 N–H and O–H groups in total. The summed E-state index contributed by atoms with van der Waals surface area (Å²) in [7, 11) is 0. The number of halogens is 1. The van der Waals surface area contributed by atoms with E-state index in [4.69, 9.17) is 4.42 Å². The Hall–Kier alpha value is -2.34. The summed E-state index contributed by atoms with van der Waals surface area (Å²) in [6.07, 6.45) is 1.52. The van der Waals surface area contributed by atoms with Gasteiger partial charge in [0.05, 0.1) is 12.8 Å². The van der Waals surface area contributed by atoms with E-state index in [1.807, 2.05) is 13.8 Å². The van der Waals surface area contributed by atoms with Crippen LogP contribution in [-0.4, -0.2) is 30.7 Å². The molecular weight excluding hydrogens is 309 g/mol. The quantitative estimate of drug-likeness (QED) is 0.538. The van der Waals surface area contributed by atoms with Crippen LogP contribution in [0.2, 0.25) is 0 Å². The number of furan rings is 1. The molecule has 0 aliphatic heterocycles. The molecule has 2 aromatic rings. The highest BCUT2D eigenvalue weighted by atomic mass is 19.1. The summed E-state index contributed by atoms with van der Waals surface area (Å²) >= 11 is 0. The van der Waals surface area contributed by atoms with E-state index >= 15 is 0 Å². The van der Waals surface area contributed by atoms with Crippen LogP contribution in [0, 0.1) is 12.7 Å². The van der Waals surface area contributed by atoms with E-state index in [9.17, 15) is 9.50 Å². The molecule has 1 aromatic carbocycles. The molecule has 0 radical (unpaired) electrons. The summed E-state index contributed by atoms with van der Waals surface area (Å²) in [5.41, 5.74) is 2.03. The molecule has 2 rings (SSSR count). The summed E-state index contributed by atoms with van der Waals surface area (Å²) in [5.74, 6) is 0.908. The van der Waals surface area contributed by atoms with Crippen molar-refractivity contribution in [1.29, 1.82) is 0 Å². The highest BCUT2D eigenvalue weighted by Gasteiger charge is 2.10. The number of aryl methyl sites for hydroxylation is 1. The average Bonchev–Trinajstić information content (AvgIpc) is 3.09. The van der Waals surface area contributed by atoms with Crippen molar-refractivity contribution in [3.05, 3.63) is 59.3 Å². The molecule has 6 heteroatoms. The number of nitrogens with zero attached hydrogens (tertiary/aromatic N) is 1. The van der Waals surface area contributed by atoms with Crippen molar-refractivity contribution in [3.63, 3.8) is 0 Å². The molecule has 0 spiro atoms. The number of nitrogens with one attached hydrogen (secondary N) is 2. The van der Waals surface area contributed by atoms with Gasteiger partial charge in [-0.3, -0.25) is 4.99 Å². The van der Waals surface area contributed by atoms with Crippen molar-refractivity contribution >= 4 is 5.96 Å². The Bertz CT molecular complexity index is 656. The Morgan fingerprint density at radius 2 is 2.17 bits per heavy atom. The van der Waals surface area contributed by atoms with Gasteiger partial charge in [-0.2, -0.15) is 0 Å². The summed E-state index contributed by atoms with van der Waals surface area (Å²) in [6, 6.07) is 8.27. The molecule has 1 heterocycles. The van der Waals surface area contributed by atoms with Crippen LogP contribution in [0.4, 0.5) is 4.39 Å². The lowest BCUT2D eigenvalue weighted by Crippen LogP contribution is -2.38. The maximum Gasteiger partial charge on any atom is 0.191 e. The molecule has 0 amide bonds. The van der Waals surface area contributed by atoms with Crippen LogP contribution in [0.3, 0.4) is 0 Å². The number of aliphatic imine (C=N–C) groups is 1. The Morgan fingerprint density at radius 1 is 1.33 bits per heavy atom. The van der Waals surface area contributed by atoms with Crippen molar-refractivity contribution in [3.8, 4) is 0 Å². The van der Waals surface area contributed by atoms with E-state index in [0.29, 0.717) is 18.3 Å². The molecule has 0 saturated heterocycles. The first kappa shape index (κ1) is 18.0. The fraction of sp³-hybridized carbons (Fsp3) is 0.389. The van der Waals surface area contributed by atoms with Crippen LogP contribution in [0.5, 0.6) is 0 Å². The third kappa shape index (κ3) is 5.38. The number of rotatable bonds is 7. The fourth-order valence-electron chi connectivity index (χ4n) is 2.35. The number of hydrogen-bond donors (Lipinski definition) is 3. The summed E-state index contributed by atoms with van der Waals surface area (Å²) in [6.45, 7) is 5.47. The SMILES string of the molecule is CCNC(=NCC(O)c1ccco1)NCCc1ccc(F)cc1C. The van der Waals surface area contributed by atoms with E-state index in [-0.39, 0.29) is 12.4 Å². The van der Waals surface area contributed by atoms with Crippen molar-refractivity contribution in [2.75, 3.05) is 19.6 Å². The van der Waals surface area contributed by atoms with Crippen molar-refractivity contribution in [2.45, 2.75) is 26.4 Å². The van der Waals surface area contributed by atoms with E-state index in [0.717, 1.165) is 24.1 Å². The largest absolute Gasteiger partial charge is 0.467 e. The molecule has 24 heavy (non-hydrogen) atoms. The Balaban J connectivity index is 1.87. The first-order valence-corrected chi connectivity index (χ1v) is 8.08. The van der Waals surface area contributed by atoms with E-state index < -0.39 is 6.10 Å². The first-order chi connectivity index (χ1) is 11.6. The number of aliphatic hydroxyl groups excluding tert-OH is 1. The van der Waals surface area contributed by atoms with Gasteiger partial charge in [-0.15, -0.1) is 0 Å². The van der Waals surface area contributed by atoms with Crippen LogP contribution in [0.15, 0.2) is 46.0 Å². The zero-order chi connectivity index (χ0) is 17.4. The standard InChI is InChI=1S/C18H24FN3O2/c1-3-20-18(22-12-16(23)17-5-4-10-24-17)21-9-8-14-6-7-15(19)11-13(14)2/h4-7,10-11,16,23H,3,8-9,12H2,1-2H3,(H2,20,21,22). The van der Waals surface area contributed by atoms with Gasteiger partial charge < -0.3 is 20.2 Å². The lowest BCUT2D eigenvalue weighted by Gasteiger charge is -2.13. The molecular formula is C18H24FN3O2. The van der Waals surface area contributed by atoms with Gasteiger partial charge in [-0.25, -0.2) is 4.39 Å². The molecule has 0 bridgehead atoms. The Morgan fingerprint density at radius 3 is 2.83 bits per heavy atom. The zero-order valence-corrected chi connectivity index (χ0v) is 14.1. The first-order valence-electron chi connectivity index (χ1n) is 8.08. The van der Waals surface area contributed by atoms with E-state index in [1.54, 1.807) is 18.2 Å². The predicted octanol–water partition coefficient (Wildman–Crippen LogP) is 2.56. The maximum atomic E-state index is 13.1. The van der Waals surface area contributed by atoms with Gasteiger partial charge >= 0.3 is 0 Å². The minimum Gasteiger partial charge on any atom is -0.467 e.